The lowest BCUT2D eigenvalue weighted by molar-refractivity contribution is -0.384. The quantitative estimate of drug-likeness (QED) is 0.640. The number of hydroxylamine groups is 2. The zero-order valence-corrected chi connectivity index (χ0v) is 9.83. The number of aliphatic hydroxyl groups is 1. The van der Waals surface area contributed by atoms with Crippen molar-refractivity contribution in [2.75, 3.05) is 13.2 Å². The van der Waals surface area contributed by atoms with Crippen LogP contribution in [0.25, 0.3) is 0 Å². The highest BCUT2D eigenvalue weighted by atomic mass is 35.5. The lowest BCUT2D eigenvalue weighted by Gasteiger charge is -2.14. The monoisotopic (exact) mass is 272 g/mol. The standard InChI is InChI=1S/C10H9ClN2O5/c11-9-7(2-1-3-8(9)13(16)17)10(15)12-4-6(14)5-18-12/h1-3,6,14H,4-5H2/t6-/m0/s1. The van der Waals surface area contributed by atoms with Gasteiger partial charge in [-0.3, -0.25) is 19.7 Å². The number of nitrogens with zero attached hydrogens (tertiary/aromatic N) is 2. The first-order valence-corrected chi connectivity index (χ1v) is 5.44. The Morgan fingerprint density at radius 1 is 1.61 bits per heavy atom. The first-order chi connectivity index (χ1) is 8.50. The zero-order chi connectivity index (χ0) is 13.3. The van der Waals surface area contributed by atoms with Gasteiger partial charge in [0.15, 0.2) is 0 Å². The molecule has 8 heteroatoms. The van der Waals surface area contributed by atoms with Crippen molar-refractivity contribution in [2.24, 2.45) is 0 Å². The molecule has 1 saturated heterocycles. The van der Waals surface area contributed by atoms with E-state index in [9.17, 15) is 20.0 Å². The maximum Gasteiger partial charge on any atom is 0.288 e. The summed E-state index contributed by atoms with van der Waals surface area (Å²) in [6.07, 6.45) is -0.758. The Labute approximate surface area is 107 Å². The Morgan fingerprint density at radius 2 is 2.33 bits per heavy atom. The Morgan fingerprint density at radius 3 is 2.89 bits per heavy atom. The molecule has 2 rings (SSSR count). The van der Waals surface area contributed by atoms with Crippen molar-refractivity contribution in [3.8, 4) is 0 Å². The van der Waals surface area contributed by atoms with Crippen LogP contribution in [0.2, 0.25) is 5.02 Å². The molecule has 18 heavy (non-hydrogen) atoms. The van der Waals surface area contributed by atoms with Crippen LogP contribution in [0, 0.1) is 10.1 Å². The van der Waals surface area contributed by atoms with Crippen molar-refractivity contribution in [1.82, 2.24) is 5.06 Å². The van der Waals surface area contributed by atoms with Crippen LogP contribution in [0.1, 0.15) is 10.4 Å². The summed E-state index contributed by atoms with van der Waals surface area (Å²) >= 11 is 5.81. The highest BCUT2D eigenvalue weighted by Gasteiger charge is 2.30. The second kappa shape index (κ2) is 4.89. The van der Waals surface area contributed by atoms with Gasteiger partial charge in [-0.2, -0.15) is 0 Å². The maximum absolute atomic E-state index is 12.0. The fourth-order valence-corrected chi connectivity index (χ4v) is 1.85. The van der Waals surface area contributed by atoms with Crippen molar-refractivity contribution >= 4 is 23.2 Å². The third-order valence-electron chi connectivity index (χ3n) is 2.43. The van der Waals surface area contributed by atoms with Crippen LogP contribution < -0.4 is 0 Å². The van der Waals surface area contributed by atoms with Gasteiger partial charge in [-0.25, -0.2) is 5.06 Å². The largest absolute Gasteiger partial charge is 0.389 e. The minimum absolute atomic E-state index is 0.0118. The average Bonchev–Trinajstić information content (AvgIpc) is 2.75. The molecule has 7 nitrogen and oxygen atoms in total. The van der Waals surface area contributed by atoms with Gasteiger partial charge in [-0.15, -0.1) is 0 Å². The summed E-state index contributed by atoms with van der Waals surface area (Å²) in [6.45, 7) is 0.0239. The summed E-state index contributed by atoms with van der Waals surface area (Å²) in [7, 11) is 0. The molecular weight excluding hydrogens is 264 g/mol. The number of aliphatic hydroxyl groups excluding tert-OH is 1. The molecular formula is C10H9ClN2O5. The molecule has 0 aromatic heterocycles. The number of halogens is 1. The number of nitro groups is 1. The van der Waals surface area contributed by atoms with Gasteiger partial charge in [0, 0.05) is 6.07 Å². The predicted octanol–water partition coefficient (Wildman–Crippen LogP) is 0.996. The number of carbonyl (C=O) groups excluding carboxylic acids is 1. The maximum atomic E-state index is 12.0. The molecule has 0 radical (unpaired) electrons. The molecule has 1 heterocycles. The van der Waals surface area contributed by atoms with Crippen molar-refractivity contribution in [3.05, 3.63) is 38.9 Å². The molecule has 0 spiro atoms. The van der Waals surface area contributed by atoms with Gasteiger partial charge < -0.3 is 5.11 Å². The van der Waals surface area contributed by atoms with Crippen LogP contribution in [-0.2, 0) is 4.84 Å². The van der Waals surface area contributed by atoms with Crippen LogP contribution in [-0.4, -0.2) is 40.3 Å². The number of carbonyl (C=O) groups is 1. The fourth-order valence-electron chi connectivity index (χ4n) is 1.57. The van der Waals surface area contributed by atoms with E-state index in [1.165, 1.54) is 18.2 Å². The third-order valence-corrected chi connectivity index (χ3v) is 2.83. The van der Waals surface area contributed by atoms with Crippen molar-refractivity contribution in [2.45, 2.75) is 6.10 Å². The van der Waals surface area contributed by atoms with Gasteiger partial charge in [-0.1, -0.05) is 17.7 Å². The summed E-state index contributed by atoms with van der Waals surface area (Å²) in [4.78, 5) is 26.9. The van der Waals surface area contributed by atoms with Crippen LogP contribution in [0.4, 0.5) is 5.69 Å². The van der Waals surface area contributed by atoms with Gasteiger partial charge >= 0.3 is 0 Å². The molecule has 1 atom stereocenters. The lowest BCUT2D eigenvalue weighted by atomic mass is 10.2. The van der Waals surface area contributed by atoms with Crippen molar-refractivity contribution < 1.29 is 19.7 Å². The van der Waals surface area contributed by atoms with E-state index in [0.717, 1.165) is 5.06 Å². The van der Waals surface area contributed by atoms with E-state index in [0.29, 0.717) is 0 Å². The van der Waals surface area contributed by atoms with Crippen LogP contribution in [0.5, 0.6) is 0 Å². The molecule has 1 aliphatic rings. The minimum Gasteiger partial charge on any atom is -0.389 e. The van der Waals surface area contributed by atoms with Gasteiger partial charge in [0.25, 0.3) is 11.6 Å². The molecule has 0 unspecified atom stereocenters. The highest BCUT2D eigenvalue weighted by Crippen LogP contribution is 2.29. The second-order valence-electron chi connectivity index (χ2n) is 3.71. The average molecular weight is 273 g/mol. The van der Waals surface area contributed by atoms with E-state index >= 15 is 0 Å². The van der Waals surface area contributed by atoms with Crippen LogP contribution in [0.3, 0.4) is 0 Å². The van der Waals surface area contributed by atoms with Gasteiger partial charge in [0.05, 0.1) is 17.0 Å². The van der Waals surface area contributed by atoms with Crippen molar-refractivity contribution in [3.63, 3.8) is 0 Å². The smallest absolute Gasteiger partial charge is 0.288 e. The first kappa shape index (κ1) is 12.7. The molecule has 1 N–H and O–H groups in total. The molecule has 1 aromatic carbocycles. The van der Waals surface area contributed by atoms with E-state index in [4.69, 9.17) is 16.4 Å². The van der Waals surface area contributed by atoms with E-state index in [1.807, 2.05) is 0 Å². The second-order valence-corrected chi connectivity index (χ2v) is 4.09. The number of nitro benzene ring substituents is 1. The van der Waals surface area contributed by atoms with E-state index in [1.54, 1.807) is 0 Å². The van der Waals surface area contributed by atoms with E-state index < -0.39 is 16.9 Å². The summed E-state index contributed by atoms with van der Waals surface area (Å²) in [5.41, 5.74) is -0.373. The number of hydrogen-bond donors (Lipinski definition) is 1. The minimum atomic E-state index is -0.758. The SMILES string of the molecule is O=C(c1cccc([N+](=O)[O-])c1Cl)N1C[C@H](O)CO1. The lowest BCUT2D eigenvalue weighted by Crippen LogP contribution is -2.28. The summed E-state index contributed by atoms with van der Waals surface area (Å²) in [5, 5.41) is 20.6. The summed E-state index contributed by atoms with van der Waals surface area (Å²) in [5.74, 6) is -0.611. The van der Waals surface area contributed by atoms with Gasteiger partial charge in [0.2, 0.25) is 0 Å². The van der Waals surface area contributed by atoms with Gasteiger partial charge in [0.1, 0.15) is 17.7 Å². The zero-order valence-electron chi connectivity index (χ0n) is 9.08. The van der Waals surface area contributed by atoms with Crippen molar-refractivity contribution in [1.29, 1.82) is 0 Å². The van der Waals surface area contributed by atoms with Crippen LogP contribution >= 0.6 is 11.6 Å². The van der Waals surface area contributed by atoms with E-state index in [2.05, 4.69) is 0 Å². The topological polar surface area (TPSA) is 92.9 Å². The molecule has 1 aliphatic heterocycles. The van der Waals surface area contributed by atoms with E-state index in [-0.39, 0.29) is 29.4 Å². The Balaban J connectivity index is 2.31. The Hall–Kier alpha value is -1.70. The third kappa shape index (κ3) is 2.28. The van der Waals surface area contributed by atoms with Gasteiger partial charge in [-0.05, 0) is 6.07 Å². The highest BCUT2D eigenvalue weighted by molar-refractivity contribution is 6.35. The molecule has 96 valence electrons. The predicted molar refractivity (Wildman–Crippen MR) is 61.1 cm³/mol. The first-order valence-electron chi connectivity index (χ1n) is 5.06. The number of amides is 1. The number of benzene rings is 1. The van der Waals surface area contributed by atoms with Crippen LogP contribution in [0.15, 0.2) is 18.2 Å². The Bertz CT molecular complexity index is 507. The molecule has 1 fully saturated rings. The molecule has 0 bridgehead atoms. The molecule has 0 aliphatic carbocycles. The number of hydrogen-bond acceptors (Lipinski definition) is 5. The Kier molecular flexibility index (Phi) is 3.46. The number of β-amino-alcohol motifs (C(OH)–C–C–N with tert-alkyl or cyclic N) is 1. The molecule has 1 aromatic rings. The summed E-state index contributed by atoms with van der Waals surface area (Å²) < 4.78 is 0. The molecule has 0 saturated carbocycles. The fraction of sp³-hybridized carbons (Fsp3) is 0.300. The molecule has 1 amide bonds. The summed E-state index contributed by atoms with van der Waals surface area (Å²) in [6, 6.07) is 3.94. The number of rotatable bonds is 2. The normalized spacial score (nSPS) is 19.0.